The van der Waals surface area contributed by atoms with Crippen LogP contribution in [-0.4, -0.2) is 37.0 Å². The summed E-state index contributed by atoms with van der Waals surface area (Å²) in [5, 5.41) is 9.16. The Labute approximate surface area is 201 Å². The van der Waals surface area contributed by atoms with Gasteiger partial charge in [-0.1, -0.05) is 35.9 Å². The van der Waals surface area contributed by atoms with E-state index in [9.17, 15) is 4.79 Å². The summed E-state index contributed by atoms with van der Waals surface area (Å²) >= 11 is 1.77. The Hall–Kier alpha value is -2.89. The number of benzene rings is 2. The minimum absolute atomic E-state index is 0.0994. The second-order valence-electron chi connectivity index (χ2n) is 8.30. The summed E-state index contributed by atoms with van der Waals surface area (Å²) in [6, 6.07) is 21.2. The lowest BCUT2D eigenvalue weighted by molar-refractivity contribution is 0.0773. The second kappa shape index (κ2) is 11.3. The molecule has 4 rings (SSSR count). The first kappa shape index (κ1) is 23.3. The van der Waals surface area contributed by atoms with Crippen LogP contribution in [0.4, 0.5) is 5.69 Å². The number of hydrogen-bond donors (Lipinski definition) is 2. The van der Waals surface area contributed by atoms with Crippen LogP contribution < -0.4 is 10.6 Å². The molecule has 0 saturated carbocycles. The number of nitrogens with one attached hydrogen (secondary N) is 2. The highest BCUT2D eigenvalue weighted by atomic mass is 32.1. The molecule has 1 aliphatic heterocycles. The second-order valence-corrected chi connectivity index (χ2v) is 9.33. The fourth-order valence-electron chi connectivity index (χ4n) is 4.41. The summed E-state index contributed by atoms with van der Waals surface area (Å²) in [5.74, 6) is 0.0994. The van der Waals surface area contributed by atoms with Gasteiger partial charge in [0.15, 0.2) is 0 Å². The highest BCUT2D eigenvalue weighted by Gasteiger charge is 2.17. The first-order valence-electron chi connectivity index (χ1n) is 11.9. The van der Waals surface area contributed by atoms with E-state index in [4.69, 9.17) is 0 Å². The number of rotatable bonds is 8. The van der Waals surface area contributed by atoms with E-state index in [-0.39, 0.29) is 5.91 Å². The molecule has 0 unspecified atom stereocenters. The quantitative estimate of drug-likeness (QED) is 0.432. The van der Waals surface area contributed by atoms with Gasteiger partial charge in [0.25, 0.3) is 5.91 Å². The van der Waals surface area contributed by atoms with E-state index in [1.807, 2.05) is 30.9 Å². The molecule has 4 nitrogen and oxygen atoms in total. The molecule has 1 aromatic heterocycles. The van der Waals surface area contributed by atoms with Crippen molar-refractivity contribution in [1.29, 1.82) is 0 Å². The minimum Gasteiger partial charge on any atom is -0.380 e. The summed E-state index contributed by atoms with van der Waals surface area (Å²) < 4.78 is 0. The van der Waals surface area contributed by atoms with Gasteiger partial charge in [0.2, 0.25) is 0 Å². The average Bonchev–Trinajstić information content (AvgIpc) is 3.39. The number of thiophene rings is 1. The van der Waals surface area contributed by atoms with Crippen molar-refractivity contribution in [1.82, 2.24) is 10.2 Å². The molecule has 0 atom stereocenters. The lowest BCUT2D eigenvalue weighted by Gasteiger charge is -2.22. The van der Waals surface area contributed by atoms with E-state index < -0.39 is 0 Å². The maximum atomic E-state index is 12.8. The van der Waals surface area contributed by atoms with Crippen molar-refractivity contribution in [2.24, 2.45) is 0 Å². The number of carbonyl (C=O) groups is 1. The molecule has 2 heterocycles. The lowest BCUT2D eigenvalue weighted by atomic mass is 9.88. The Morgan fingerprint density at radius 1 is 0.939 bits per heavy atom. The minimum atomic E-state index is 0.0994. The van der Waals surface area contributed by atoms with E-state index in [1.54, 1.807) is 11.3 Å². The molecule has 172 valence electrons. The number of anilines is 1. The molecule has 2 aromatic carbocycles. The van der Waals surface area contributed by atoms with Crippen LogP contribution >= 0.6 is 11.3 Å². The van der Waals surface area contributed by atoms with Crippen LogP contribution in [0, 0.1) is 0 Å². The molecule has 0 radical (unpaired) electrons. The molecule has 3 aromatic rings. The Morgan fingerprint density at radius 2 is 1.67 bits per heavy atom. The van der Waals surface area contributed by atoms with E-state index in [2.05, 4.69) is 64.5 Å². The first-order chi connectivity index (χ1) is 16.2. The lowest BCUT2D eigenvalue weighted by Crippen LogP contribution is -2.30. The van der Waals surface area contributed by atoms with Crippen molar-refractivity contribution in [2.45, 2.75) is 33.2 Å². The SMILES string of the molecule is CCN(CC)C(=O)c1ccc(C(=C2CCNCC2)c2cccc(NCc3cccs3)c2)cc1. The van der Waals surface area contributed by atoms with Crippen LogP contribution in [0.25, 0.3) is 5.57 Å². The standard InChI is InChI=1S/C28H33N3OS/c1-3-31(4-2)28(32)23-12-10-21(11-13-23)27(22-14-16-29-17-15-22)24-7-5-8-25(19-24)30-20-26-9-6-18-33-26/h5-13,18-19,29-30H,3-4,14-17,20H2,1-2H3. The van der Waals surface area contributed by atoms with Crippen LogP contribution in [-0.2, 0) is 6.54 Å². The monoisotopic (exact) mass is 459 g/mol. The van der Waals surface area contributed by atoms with Gasteiger partial charge in [-0.05, 0) is 92.2 Å². The molecule has 5 heteroatoms. The molecular weight excluding hydrogens is 426 g/mol. The van der Waals surface area contributed by atoms with Gasteiger partial charge in [-0.2, -0.15) is 0 Å². The summed E-state index contributed by atoms with van der Waals surface area (Å²) in [5.41, 5.74) is 7.07. The molecule has 1 saturated heterocycles. The maximum absolute atomic E-state index is 12.8. The van der Waals surface area contributed by atoms with Gasteiger partial charge >= 0.3 is 0 Å². The number of carbonyl (C=O) groups excluding carboxylic acids is 1. The predicted molar refractivity (Wildman–Crippen MR) is 140 cm³/mol. The molecule has 33 heavy (non-hydrogen) atoms. The van der Waals surface area contributed by atoms with Crippen LogP contribution in [0.15, 0.2) is 71.6 Å². The smallest absolute Gasteiger partial charge is 0.253 e. The fraction of sp³-hybridized carbons (Fsp3) is 0.321. The molecule has 2 N–H and O–H groups in total. The van der Waals surface area contributed by atoms with Crippen molar-refractivity contribution < 1.29 is 4.79 Å². The van der Waals surface area contributed by atoms with Gasteiger partial charge in [0, 0.05) is 35.8 Å². The zero-order chi connectivity index (χ0) is 23.0. The van der Waals surface area contributed by atoms with Gasteiger partial charge in [-0.15, -0.1) is 11.3 Å². The van der Waals surface area contributed by atoms with Crippen LogP contribution in [0.5, 0.6) is 0 Å². The fourth-order valence-corrected chi connectivity index (χ4v) is 5.06. The van der Waals surface area contributed by atoms with Crippen LogP contribution in [0.1, 0.15) is 53.1 Å². The first-order valence-corrected chi connectivity index (χ1v) is 12.8. The number of nitrogens with zero attached hydrogens (tertiary/aromatic N) is 1. The molecule has 0 bridgehead atoms. The van der Waals surface area contributed by atoms with E-state index in [0.29, 0.717) is 0 Å². The number of hydrogen-bond acceptors (Lipinski definition) is 4. The third-order valence-electron chi connectivity index (χ3n) is 6.23. The Kier molecular flexibility index (Phi) is 7.97. The van der Waals surface area contributed by atoms with Crippen LogP contribution in [0.2, 0.25) is 0 Å². The summed E-state index contributed by atoms with van der Waals surface area (Å²) in [6.45, 7) is 8.35. The predicted octanol–water partition coefficient (Wildman–Crippen LogP) is 6.03. The summed E-state index contributed by atoms with van der Waals surface area (Å²) in [7, 11) is 0. The van der Waals surface area contributed by atoms with Gasteiger partial charge in [-0.25, -0.2) is 0 Å². The molecule has 1 amide bonds. The van der Waals surface area contributed by atoms with Crippen molar-refractivity contribution in [3.8, 4) is 0 Å². The third-order valence-corrected chi connectivity index (χ3v) is 7.11. The summed E-state index contributed by atoms with van der Waals surface area (Å²) in [4.78, 5) is 16.0. The highest BCUT2D eigenvalue weighted by molar-refractivity contribution is 7.09. The van der Waals surface area contributed by atoms with Gasteiger partial charge in [-0.3, -0.25) is 4.79 Å². The Balaban J connectivity index is 1.64. The van der Waals surface area contributed by atoms with Crippen molar-refractivity contribution in [3.05, 3.63) is 93.2 Å². The van der Waals surface area contributed by atoms with Gasteiger partial charge < -0.3 is 15.5 Å². The molecule has 0 spiro atoms. The topological polar surface area (TPSA) is 44.4 Å². The molecule has 1 aliphatic rings. The zero-order valence-corrected chi connectivity index (χ0v) is 20.4. The largest absolute Gasteiger partial charge is 0.380 e. The zero-order valence-electron chi connectivity index (χ0n) is 19.6. The molecular formula is C28H33N3OS. The van der Waals surface area contributed by atoms with Crippen molar-refractivity contribution in [3.63, 3.8) is 0 Å². The molecule has 1 fully saturated rings. The molecule has 0 aliphatic carbocycles. The van der Waals surface area contributed by atoms with E-state index >= 15 is 0 Å². The number of amides is 1. The normalized spacial score (nSPS) is 13.6. The van der Waals surface area contributed by atoms with E-state index in [1.165, 1.54) is 27.2 Å². The number of piperidine rings is 1. The Morgan fingerprint density at radius 3 is 2.33 bits per heavy atom. The highest BCUT2D eigenvalue weighted by Crippen LogP contribution is 2.33. The van der Waals surface area contributed by atoms with E-state index in [0.717, 1.165) is 56.8 Å². The summed E-state index contributed by atoms with van der Waals surface area (Å²) in [6.07, 6.45) is 2.09. The third kappa shape index (κ3) is 5.73. The van der Waals surface area contributed by atoms with Crippen molar-refractivity contribution in [2.75, 3.05) is 31.5 Å². The van der Waals surface area contributed by atoms with Gasteiger partial charge in [0.05, 0.1) is 0 Å². The van der Waals surface area contributed by atoms with Crippen LogP contribution in [0.3, 0.4) is 0 Å². The Bertz CT molecular complexity index is 1070. The maximum Gasteiger partial charge on any atom is 0.253 e. The average molecular weight is 460 g/mol. The van der Waals surface area contributed by atoms with Crippen molar-refractivity contribution >= 4 is 28.5 Å². The van der Waals surface area contributed by atoms with Gasteiger partial charge in [0.1, 0.15) is 0 Å².